The Bertz CT molecular complexity index is 410. The van der Waals surface area contributed by atoms with Gasteiger partial charge in [-0.05, 0) is 38.6 Å². The average Bonchev–Trinajstić information content (AvgIpc) is 2.97. The lowest BCUT2D eigenvalue weighted by Gasteiger charge is -2.29. The molecule has 0 radical (unpaired) electrons. The van der Waals surface area contributed by atoms with Gasteiger partial charge < -0.3 is 9.47 Å². The highest BCUT2D eigenvalue weighted by molar-refractivity contribution is 14.2. The summed E-state index contributed by atoms with van der Waals surface area (Å²) in [4.78, 5) is 24.2. The molecule has 4 atom stereocenters. The summed E-state index contributed by atoms with van der Waals surface area (Å²) in [7, 11) is 0. The van der Waals surface area contributed by atoms with Crippen LogP contribution in [0.5, 0.6) is 0 Å². The first-order valence-corrected chi connectivity index (χ1v) is 9.45. The van der Waals surface area contributed by atoms with Crippen molar-refractivity contribution in [1.82, 2.24) is 5.32 Å². The van der Waals surface area contributed by atoms with Gasteiger partial charge in [0.1, 0.15) is 12.8 Å². The Hall–Kier alpha value is 0.360. The summed E-state index contributed by atoms with van der Waals surface area (Å²) in [5.41, 5.74) is 0. The first-order valence-electron chi connectivity index (χ1n) is 7.29. The van der Waals surface area contributed by atoms with E-state index < -0.39 is 1.43 Å². The highest BCUT2D eigenvalue weighted by atomic mass is 127. The summed E-state index contributed by atoms with van der Waals surface area (Å²) in [5, 5.41) is 2.98. The van der Waals surface area contributed by atoms with Crippen LogP contribution in [0.2, 0.25) is 0 Å². The quantitative estimate of drug-likeness (QED) is 0.192. The molecular weight excluding hydrogens is 500 g/mol. The van der Waals surface area contributed by atoms with E-state index in [9.17, 15) is 9.59 Å². The van der Waals surface area contributed by atoms with Crippen LogP contribution in [0.4, 0.5) is 0 Å². The number of carbonyl (C=O) groups excluding carboxylic acids is 2. The lowest BCUT2D eigenvalue weighted by Crippen LogP contribution is -2.37. The summed E-state index contributed by atoms with van der Waals surface area (Å²) in [5.74, 6) is 0.134. The molecule has 2 aliphatic carbocycles. The number of halogens is 2. The maximum absolute atomic E-state index is 12.1. The fraction of sp³-hybridized carbons (Fsp3) is 0.857. The largest absolute Gasteiger partial charge is 0.460 e. The molecule has 1 N–H and O–H groups in total. The molecule has 0 aromatic carbocycles. The van der Waals surface area contributed by atoms with Crippen molar-refractivity contribution in [3.8, 4) is 0 Å². The lowest BCUT2D eigenvalue weighted by atomic mass is 9.86. The maximum atomic E-state index is 12.1. The number of rotatable bonds is 6. The van der Waals surface area contributed by atoms with Gasteiger partial charge in [-0.3, -0.25) is 10.1 Å². The van der Waals surface area contributed by atoms with Crippen LogP contribution in [0.3, 0.4) is 0 Å². The molecule has 0 aromatic rings. The minimum Gasteiger partial charge on any atom is -0.460 e. The van der Waals surface area contributed by atoms with E-state index in [1.54, 1.807) is 0 Å². The standard InChI is InChI=1S/C14H21I2NO4/c1-3-17-7-20-12(18)10-5-8-4-9(10)11(6-8)21-13(19)14(2,15)16/h8-11,17H,3-7H2,1-2H3. The van der Waals surface area contributed by atoms with Gasteiger partial charge >= 0.3 is 11.9 Å². The number of alkyl halides is 2. The van der Waals surface area contributed by atoms with E-state index in [1.807, 2.05) is 13.8 Å². The molecule has 0 spiro atoms. The van der Waals surface area contributed by atoms with E-state index in [-0.39, 0.29) is 36.6 Å². The van der Waals surface area contributed by atoms with Gasteiger partial charge in [0.05, 0.1) is 5.92 Å². The first-order chi connectivity index (χ1) is 9.82. The third-order valence-corrected chi connectivity index (χ3v) is 5.12. The van der Waals surface area contributed by atoms with Gasteiger partial charge in [-0.25, -0.2) is 4.79 Å². The van der Waals surface area contributed by atoms with Crippen molar-refractivity contribution >= 4 is 57.1 Å². The van der Waals surface area contributed by atoms with Crippen molar-refractivity contribution in [2.45, 2.75) is 40.6 Å². The highest BCUT2D eigenvalue weighted by Crippen LogP contribution is 2.50. The van der Waals surface area contributed by atoms with Crippen LogP contribution in [-0.4, -0.2) is 32.7 Å². The number of fused-ring (bicyclic) bond motifs is 2. The molecule has 0 heterocycles. The minimum atomic E-state index is -0.557. The first kappa shape index (κ1) is 17.7. The second kappa shape index (κ2) is 7.29. The molecule has 5 nitrogen and oxygen atoms in total. The number of ether oxygens (including phenoxy) is 2. The van der Waals surface area contributed by atoms with Crippen molar-refractivity contribution in [1.29, 1.82) is 0 Å². The molecule has 2 bridgehead atoms. The van der Waals surface area contributed by atoms with Gasteiger partial charge in [0.2, 0.25) is 0 Å². The summed E-state index contributed by atoms with van der Waals surface area (Å²) in [6, 6.07) is 0. The van der Waals surface area contributed by atoms with E-state index in [2.05, 4.69) is 50.5 Å². The number of nitrogens with one attached hydrogen (secondary N) is 1. The topological polar surface area (TPSA) is 64.6 Å². The molecule has 2 aliphatic rings. The van der Waals surface area contributed by atoms with Gasteiger partial charge in [-0.15, -0.1) is 0 Å². The molecule has 0 saturated heterocycles. The zero-order chi connectivity index (χ0) is 15.6. The third kappa shape index (κ3) is 4.43. The Labute approximate surface area is 152 Å². The van der Waals surface area contributed by atoms with Gasteiger partial charge in [0, 0.05) is 5.92 Å². The minimum absolute atomic E-state index is 0.116. The molecule has 21 heavy (non-hydrogen) atoms. The van der Waals surface area contributed by atoms with Crippen LogP contribution in [0.1, 0.15) is 33.1 Å². The summed E-state index contributed by atoms with van der Waals surface area (Å²) < 4.78 is 10.3. The van der Waals surface area contributed by atoms with E-state index >= 15 is 0 Å². The average molecular weight is 521 g/mol. The molecule has 2 saturated carbocycles. The van der Waals surface area contributed by atoms with Crippen LogP contribution >= 0.6 is 45.2 Å². The fourth-order valence-electron chi connectivity index (χ4n) is 3.26. The smallest absolute Gasteiger partial charge is 0.332 e. The normalized spacial score (nSPS) is 31.2. The molecule has 7 heteroatoms. The SMILES string of the molecule is CCNCOC(=O)C1CC2CC(OC(=O)C(C)(I)I)C1C2. The van der Waals surface area contributed by atoms with Gasteiger partial charge in [-0.1, -0.05) is 52.1 Å². The third-order valence-electron chi connectivity index (χ3n) is 4.24. The molecular formula is C14H21I2NO4. The van der Waals surface area contributed by atoms with Crippen LogP contribution in [0.15, 0.2) is 0 Å². The second-order valence-corrected chi connectivity index (χ2v) is 12.3. The molecule has 4 unspecified atom stereocenters. The molecule has 2 fully saturated rings. The van der Waals surface area contributed by atoms with Crippen molar-refractivity contribution < 1.29 is 19.1 Å². The maximum Gasteiger partial charge on any atom is 0.332 e. The number of esters is 2. The summed E-state index contributed by atoms with van der Waals surface area (Å²) in [6.45, 7) is 4.82. The van der Waals surface area contributed by atoms with E-state index in [0.29, 0.717) is 5.92 Å². The highest BCUT2D eigenvalue weighted by Gasteiger charge is 2.52. The van der Waals surface area contributed by atoms with Gasteiger partial charge in [-0.2, -0.15) is 0 Å². The second-order valence-electron chi connectivity index (χ2n) is 5.89. The predicted molar refractivity (Wildman–Crippen MR) is 95.3 cm³/mol. The van der Waals surface area contributed by atoms with E-state index in [4.69, 9.17) is 9.47 Å². The van der Waals surface area contributed by atoms with Gasteiger partial charge in [0.25, 0.3) is 0 Å². The Morgan fingerprint density at radius 3 is 2.57 bits per heavy atom. The zero-order valence-electron chi connectivity index (χ0n) is 12.2. The molecule has 120 valence electrons. The zero-order valence-corrected chi connectivity index (χ0v) is 16.5. The van der Waals surface area contributed by atoms with Crippen molar-refractivity contribution in [2.24, 2.45) is 17.8 Å². The fourth-order valence-corrected chi connectivity index (χ4v) is 3.52. The Morgan fingerprint density at radius 2 is 2.00 bits per heavy atom. The van der Waals surface area contributed by atoms with Crippen LogP contribution < -0.4 is 5.32 Å². The van der Waals surface area contributed by atoms with Crippen LogP contribution in [-0.2, 0) is 19.1 Å². The van der Waals surface area contributed by atoms with Crippen molar-refractivity contribution in [3.63, 3.8) is 0 Å². The van der Waals surface area contributed by atoms with Crippen molar-refractivity contribution in [3.05, 3.63) is 0 Å². The van der Waals surface area contributed by atoms with Crippen molar-refractivity contribution in [2.75, 3.05) is 13.3 Å². The lowest BCUT2D eigenvalue weighted by molar-refractivity contribution is -0.160. The number of hydrogen-bond acceptors (Lipinski definition) is 5. The Morgan fingerprint density at radius 1 is 1.29 bits per heavy atom. The molecule has 0 aromatic heterocycles. The summed E-state index contributed by atoms with van der Waals surface area (Å²) in [6.07, 6.45) is 2.60. The summed E-state index contributed by atoms with van der Waals surface area (Å²) >= 11 is 4.15. The predicted octanol–water partition coefficient (Wildman–Crippen LogP) is 2.64. The number of carbonyl (C=O) groups is 2. The monoisotopic (exact) mass is 521 g/mol. The molecule has 0 amide bonds. The molecule has 2 rings (SSSR count). The Balaban J connectivity index is 1.90. The van der Waals surface area contributed by atoms with Gasteiger partial charge in [0.15, 0.2) is 1.43 Å². The number of hydrogen-bond donors (Lipinski definition) is 1. The van der Waals surface area contributed by atoms with Crippen LogP contribution in [0, 0.1) is 17.8 Å². The van der Waals surface area contributed by atoms with E-state index in [0.717, 1.165) is 25.8 Å². The molecule has 0 aliphatic heterocycles. The Kier molecular flexibility index (Phi) is 6.15. The van der Waals surface area contributed by atoms with Crippen LogP contribution in [0.25, 0.3) is 0 Å². The van der Waals surface area contributed by atoms with E-state index in [1.165, 1.54) is 0 Å².